The number of para-hydroxylation sites is 1. The van der Waals surface area contributed by atoms with Crippen LogP contribution < -0.4 is 5.43 Å². The molecule has 1 atom stereocenters. The van der Waals surface area contributed by atoms with Crippen LogP contribution in [0, 0.1) is 5.82 Å². The summed E-state index contributed by atoms with van der Waals surface area (Å²) in [4.78, 5) is 42.7. The molecular weight excluding hydrogens is 463 g/mol. The molecule has 0 aliphatic carbocycles. The molecule has 4 aromatic rings. The van der Waals surface area contributed by atoms with Crippen molar-refractivity contribution in [2.75, 3.05) is 6.54 Å². The Hall–Kier alpha value is -4.20. The van der Waals surface area contributed by atoms with E-state index in [2.05, 4.69) is 0 Å². The molecule has 0 saturated heterocycles. The fraction of sp³-hybridized carbons (Fsp3) is 0.250. The first kappa shape index (κ1) is 24.9. The lowest BCUT2D eigenvalue weighted by Gasteiger charge is -2.30. The van der Waals surface area contributed by atoms with E-state index in [9.17, 15) is 18.8 Å². The molecule has 2 aromatic heterocycles. The van der Waals surface area contributed by atoms with Gasteiger partial charge in [0.2, 0.25) is 5.91 Å². The third-order valence-corrected chi connectivity index (χ3v) is 6.17. The van der Waals surface area contributed by atoms with E-state index in [0.29, 0.717) is 28.5 Å². The lowest BCUT2D eigenvalue weighted by atomic mass is 10.1. The van der Waals surface area contributed by atoms with Crippen LogP contribution in [0.25, 0.3) is 11.0 Å². The van der Waals surface area contributed by atoms with Crippen molar-refractivity contribution in [1.29, 1.82) is 0 Å². The monoisotopic (exact) mass is 490 g/mol. The first-order chi connectivity index (χ1) is 17.4. The minimum atomic E-state index is -0.394. The second-order valence-electron chi connectivity index (χ2n) is 8.63. The summed E-state index contributed by atoms with van der Waals surface area (Å²) in [6.07, 6.45) is 3.39. The molecule has 7 nitrogen and oxygen atoms in total. The van der Waals surface area contributed by atoms with Crippen LogP contribution >= 0.6 is 0 Å². The largest absolute Gasteiger partial charge is 0.464 e. The number of halogens is 1. The maximum atomic E-state index is 13.6. The smallest absolute Gasteiger partial charge is 0.290 e. The summed E-state index contributed by atoms with van der Waals surface area (Å²) < 4.78 is 24.4. The Bertz CT molecular complexity index is 1400. The topological polar surface area (TPSA) is 84.0 Å². The van der Waals surface area contributed by atoms with Crippen molar-refractivity contribution in [1.82, 2.24) is 9.80 Å². The Balaban J connectivity index is 1.64. The zero-order valence-corrected chi connectivity index (χ0v) is 20.1. The van der Waals surface area contributed by atoms with Crippen LogP contribution in [0.15, 0.2) is 86.8 Å². The van der Waals surface area contributed by atoms with Gasteiger partial charge in [-0.2, -0.15) is 0 Å². The van der Waals surface area contributed by atoms with E-state index in [1.54, 1.807) is 48.5 Å². The molecule has 0 fully saturated rings. The molecule has 0 saturated carbocycles. The number of hydrogen-bond donors (Lipinski definition) is 0. The summed E-state index contributed by atoms with van der Waals surface area (Å²) in [6, 6.07) is 15.6. The van der Waals surface area contributed by atoms with Crippen LogP contribution in [0.1, 0.15) is 41.9 Å². The Labute approximate surface area is 207 Å². The Kier molecular flexibility index (Phi) is 7.63. The number of carbonyl (C=O) groups is 2. The van der Waals surface area contributed by atoms with Gasteiger partial charge in [0.25, 0.3) is 5.91 Å². The van der Waals surface area contributed by atoms with Gasteiger partial charge in [0, 0.05) is 12.6 Å². The average molecular weight is 491 g/mol. The van der Waals surface area contributed by atoms with Crippen molar-refractivity contribution in [2.24, 2.45) is 0 Å². The van der Waals surface area contributed by atoms with Gasteiger partial charge in [-0.1, -0.05) is 31.2 Å². The van der Waals surface area contributed by atoms with E-state index < -0.39 is 11.7 Å². The van der Waals surface area contributed by atoms with Gasteiger partial charge < -0.3 is 18.6 Å². The summed E-state index contributed by atoms with van der Waals surface area (Å²) in [5, 5.41) is 0.415. The number of fused-ring (bicyclic) bond motifs is 1. The number of rotatable bonds is 9. The molecule has 0 N–H and O–H groups in total. The van der Waals surface area contributed by atoms with Gasteiger partial charge >= 0.3 is 0 Å². The van der Waals surface area contributed by atoms with E-state index in [1.165, 1.54) is 34.5 Å². The maximum Gasteiger partial charge on any atom is 0.290 e. The highest BCUT2D eigenvalue weighted by Gasteiger charge is 2.28. The van der Waals surface area contributed by atoms with E-state index in [-0.39, 0.29) is 42.8 Å². The van der Waals surface area contributed by atoms with Crippen LogP contribution in [0.4, 0.5) is 4.39 Å². The number of carbonyl (C=O) groups excluding carboxylic acids is 2. The highest BCUT2D eigenvalue weighted by Crippen LogP contribution is 2.17. The quantitative estimate of drug-likeness (QED) is 0.330. The molecular formula is C28H27FN2O5. The van der Waals surface area contributed by atoms with Gasteiger partial charge in [-0.15, -0.1) is 0 Å². The highest BCUT2D eigenvalue weighted by atomic mass is 19.1. The average Bonchev–Trinajstić information content (AvgIpc) is 3.44. The Morgan fingerprint density at radius 3 is 2.42 bits per heavy atom. The maximum absolute atomic E-state index is 13.6. The fourth-order valence-corrected chi connectivity index (χ4v) is 3.91. The molecule has 2 heterocycles. The van der Waals surface area contributed by atoms with Gasteiger partial charge in [0.1, 0.15) is 17.9 Å². The predicted molar refractivity (Wildman–Crippen MR) is 133 cm³/mol. The molecule has 1 unspecified atom stereocenters. The second kappa shape index (κ2) is 11.0. The van der Waals surface area contributed by atoms with Gasteiger partial charge in [0.15, 0.2) is 11.2 Å². The van der Waals surface area contributed by atoms with Crippen LogP contribution in [-0.2, 0) is 17.9 Å². The molecule has 2 aromatic carbocycles. The van der Waals surface area contributed by atoms with Crippen LogP contribution in [0.3, 0.4) is 0 Å². The zero-order chi connectivity index (χ0) is 25.7. The van der Waals surface area contributed by atoms with E-state index >= 15 is 0 Å². The van der Waals surface area contributed by atoms with Gasteiger partial charge in [0.05, 0.1) is 30.0 Å². The summed E-state index contributed by atoms with van der Waals surface area (Å²) in [5.74, 6) is -1.01. The fourth-order valence-electron chi connectivity index (χ4n) is 3.91. The third kappa shape index (κ3) is 5.54. The molecule has 0 aliphatic rings. The number of amides is 2. The van der Waals surface area contributed by atoms with Gasteiger partial charge in [-0.3, -0.25) is 14.4 Å². The molecule has 0 radical (unpaired) electrons. The number of furan rings is 1. The van der Waals surface area contributed by atoms with Crippen LogP contribution in [0.5, 0.6) is 0 Å². The first-order valence-electron chi connectivity index (χ1n) is 11.7. The Morgan fingerprint density at radius 1 is 0.972 bits per heavy atom. The van der Waals surface area contributed by atoms with Gasteiger partial charge in [-0.25, -0.2) is 4.39 Å². The van der Waals surface area contributed by atoms with Crippen molar-refractivity contribution >= 4 is 22.8 Å². The molecule has 0 spiro atoms. The zero-order valence-electron chi connectivity index (χ0n) is 20.1. The summed E-state index contributed by atoms with van der Waals surface area (Å²) in [7, 11) is 0. The lowest BCUT2D eigenvalue weighted by Crippen LogP contribution is -2.46. The molecule has 2 amide bonds. The molecule has 4 rings (SSSR count). The minimum absolute atomic E-state index is 0.0351. The van der Waals surface area contributed by atoms with E-state index in [0.717, 1.165) is 0 Å². The van der Waals surface area contributed by atoms with Crippen LogP contribution in [0.2, 0.25) is 0 Å². The van der Waals surface area contributed by atoms with Crippen molar-refractivity contribution in [2.45, 2.75) is 39.4 Å². The van der Waals surface area contributed by atoms with E-state index in [1.807, 2.05) is 13.8 Å². The second-order valence-corrected chi connectivity index (χ2v) is 8.63. The predicted octanol–water partition coefficient (Wildman–Crippen LogP) is 4.99. The normalized spacial score (nSPS) is 11.9. The minimum Gasteiger partial charge on any atom is -0.464 e. The first-order valence-corrected chi connectivity index (χ1v) is 11.7. The standard InChI is InChI=1S/C28H27FN2O5/c1-3-19(2)31(28(34)25-9-6-14-35-25)17-26(32)30(15-20-10-12-22(29)13-11-20)16-21-18-36-24-8-5-4-7-23(24)27(21)33/h4-14,18-19H,3,15-17H2,1-2H3. The van der Waals surface area contributed by atoms with Crippen LogP contribution in [-0.4, -0.2) is 34.2 Å². The van der Waals surface area contributed by atoms with Crippen molar-refractivity contribution in [3.05, 3.63) is 106 Å². The number of benzene rings is 2. The molecule has 0 aliphatic heterocycles. The summed E-state index contributed by atoms with van der Waals surface area (Å²) >= 11 is 0. The SMILES string of the molecule is CCC(C)N(CC(=O)N(Cc1ccc(F)cc1)Cc1coc2ccccc2c1=O)C(=O)c1ccco1. The molecule has 8 heteroatoms. The lowest BCUT2D eigenvalue weighted by molar-refractivity contribution is -0.133. The Morgan fingerprint density at radius 2 is 1.72 bits per heavy atom. The molecule has 36 heavy (non-hydrogen) atoms. The van der Waals surface area contributed by atoms with Crippen molar-refractivity contribution in [3.8, 4) is 0 Å². The summed E-state index contributed by atoms with van der Waals surface area (Å²) in [5.41, 5.74) is 1.20. The molecule has 0 bridgehead atoms. The third-order valence-electron chi connectivity index (χ3n) is 6.17. The van der Waals surface area contributed by atoms with E-state index in [4.69, 9.17) is 8.83 Å². The number of nitrogens with zero attached hydrogens (tertiary/aromatic N) is 2. The van der Waals surface area contributed by atoms with Gasteiger partial charge in [-0.05, 0) is 55.3 Å². The summed E-state index contributed by atoms with van der Waals surface area (Å²) in [6.45, 7) is 3.65. The van der Waals surface area contributed by atoms with Crippen molar-refractivity contribution in [3.63, 3.8) is 0 Å². The number of hydrogen-bond acceptors (Lipinski definition) is 5. The van der Waals surface area contributed by atoms with Crippen molar-refractivity contribution < 1.29 is 22.8 Å². The highest BCUT2D eigenvalue weighted by molar-refractivity contribution is 5.94. The molecule has 186 valence electrons.